The van der Waals surface area contributed by atoms with Crippen molar-refractivity contribution in [3.8, 4) is 5.75 Å². The van der Waals surface area contributed by atoms with Crippen molar-refractivity contribution in [2.75, 3.05) is 12.4 Å². The van der Waals surface area contributed by atoms with Crippen molar-refractivity contribution in [1.29, 1.82) is 0 Å². The first-order chi connectivity index (χ1) is 11.1. The lowest BCUT2D eigenvalue weighted by atomic mass is 10.2. The zero-order chi connectivity index (χ0) is 16.4. The van der Waals surface area contributed by atoms with Crippen LogP contribution in [-0.2, 0) is 0 Å². The molecular weight excluding hydrogens is 320 g/mol. The summed E-state index contributed by atoms with van der Waals surface area (Å²) in [5.74, 6) is 0.364. The predicted octanol–water partition coefficient (Wildman–Crippen LogP) is 2.71. The van der Waals surface area contributed by atoms with Gasteiger partial charge in [0.1, 0.15) is 16.3 Å². The number of nitrogens with one attached hydrogen (secondary N) is 1. The molecule has 0 aliphatic heterocycles. The minimum atomic E-state index is -0.535. The second kappa shape index (κ2) is 5.97. The van der Waals surface area contributed by atoms with Gasteiger partial charge in [-0.15, -0.1) is 0 Å². The fourth-order valence-electron chi connectivity index (χ4n) is 1.97. The van der Waals surface area contributed by atoms with Crippen LogP contribution < -0.4 is 15.6 Å². The highest BCUT2D eigenvalue weighted by atomic mass is 32.1. The molecule has 0 saturated carbocycles. The van der Waals surface area contributed by atoms with Crippen molar-refractivity contribution in [2.45, 2.75) is 0 Å². The van der Waals surface area contributed by atoms with Crippen LogP contribution in [0.25, 0.3) is 10.2 Å². The number of hydrogen-bond acceptors (Lipinski definition) is 8. The lowest BCUT2D eigenvalue weighted by Crippen LogP contribution is -2.08. The van der Waals surface area contributed by atoms with Gasteiger partial charge in [0, 0.05) is 6.20 Å². The largest absolute Gasteiger partial charge is 0.496 e. The van der Waals surface area contributed by atoms with Gasteiger partial charge in [-0.25, -0.2) is 4.98 Å². The van der Waals surface area contributed by atoms with Crippen LogP contribution in [0.1, 0.15) is 0 Å². The average Bonchev–Trinajstić information content (AvgIpc) is 2.55. The Morgan fingerprint density at radius 2 is 2.17 bits per heavy atom. The van der Waals surface area contributed by atoms with Gasteiger partial charge in [0.15, 0.2) is 5.13 Å². The summed E-state index contributed by atoms with van der Waals surface area (Å²) in [5, 5.41) is 14.6. The number of anilines is 2. The second-order valence-electron chi connectivity index (χ2n) is 4.45. The van der Waals surface area contributed by atoms with E-state index in [1.807, 2.05) is 0 Å². The summed E-state index contributed by atoms with van der Waals surface area (Å²) >= 11 is 1.14. The van der Waals surface area contributed by atoms with Crippen molar-refractivity contribution in [3.63, 3.8) is 0 Å². The number of nitro benzene ring substituents is 1. The molecule has 3 rings (SSSR count). The van der Waals surface area contributed by atoms with E-state index in [9.17, 15) is 14.9 Å². The van der Waals surface area contributed by atoms with Crippen LogP contribution in [0.4, 0.5) is 16.5 Å². The molecule has 0 bridgehead atoms. The lowest BCUT2D eigenvalue weighted by Gasteiger charge is -2.07. The van der Waals surface area contributed by atoms with Crippen LogP contribution in [0.15, 0.2) is 41.3 Å². The lowest BCUT2D eigenvalue weighted by molar-refractivity contribution is -0.384. The van der Waals surface area contributed by atoms with Gasteiger partial charge >= 0.3 is 0 Å². The molecule has 0 aliphatic carbocycles. The summed E-state index contributed by atoms with van der Waals surface area (Å²) in [4.78, 5) is 31.1. The Hall–Kier alpha value is -3.07. The number of nitro groups is 1. The topological polar surface area (TPSA) is 107 Å². The molecule has 0 atom stereocenters. The fourth-order valence-corrected chi connectivity index (χ4v) is 2.82. The normalized spacial score (nSPS) is 10.5. The van der Waals surface area contributed by atoms with Gasteiger partial charge in [-0.2, -0.15) is 4.98 Å². The Labute approximate surface area is 133 Å². The standard InChI is InChI=1S/C14H10N4O4S/c1-22-8-4-5-10(11(7-8)18(20)21)16-14-17-12(19)9-3-2-6-15-13(9)23-14/h2-7H,1H3,(H,16,17,19). The molecule has 116 valence electrons. The number of benzene rings is 1. The first kappa shape index (κ1) is 14.9. The van der Waals surface area contributed by atoms with Gasteiger partial charge in [0.05, 0.1) is 23.5 Å². The third kappa shape index (κ3) is 2.94. The molecule has 0 radical (unpaired) electrons. The highest BCUT2D eigenvalue weighted by molar-refractivity contribution is 7.21. The van der Waals surface area contributed by atoms with Crippen LogP contribution in [-0.4, -0.2) is 22.0 Å². The van der Waals surface area contributed by atoms with E-state index >= 15 is 0 Å². The van der Waals surface area contributed by atoms with E-state index in [0.29, 0.717) is 16.0 Å². The zero-order valence-corrected chi connectivity index (χ0v) is 12.7. The number of aromatic nitrogens is 2. The number of fused-ring (bicyclic) bond motifs is 1. The molecule has 3 aromatic rings. The van der Waals surface area contributed by atoms with Crippen LogP contribution in [0, 0.1) is 10.1 Å². The van der Waals surface area contributed by atoms with E-state index < -0.39 is 10.5 Å². The van der Waals surface area contributed by atoms with Crippen LogP contribution in [0.5, 0.6) is 5.75 Å². The minimum Gasteiger partial charge on any atom is -0.496 e. The number of pyridine rings is 1. The Kier molecular flexibility index (Phi) is 3.85. The summed E-state index contributed by atoms with van der Waals surface area (Å²) in [5.41, 5.74) is -0.397. The Balaban J connectivity index is 2.05. The third-order valence-corrected chi connectivity index (χ3v) is 3.95. The molecule has 8 nitrogen and oxygen atoms in total. The number of nitrogens with zero attached hydrogens (tertiary/aromatic N) is 3. The average molecular weight is 330 g/mol. The van der Waals surface area contributed by atoms with Crippen molar-refractivity contribution >= 4 is 38.1 Å². The maximum atomic E-state index is 12.0. The monoisotopic (exact) mass is 330 g/mol. The molecule has 1 N–H and O–H groups in total. The summed E-state index contributed by atoms with van der Waals surface area (Å²) in [6.07, 6.45) is 1.57. The maximum absolute atomic E-state index is 12.0. The highest BCUT2D eigenvalue weighted by Gasteiger charge is 2.16. The summed E-state index contributed by atoms with van der Waals surface area (Å²) in [7, 11) is 1.43. The maximum Gasteiger partial charge on any atom is 0.296 e. The summed E-state index contributed by atoms with van der Waals surface area (Å²) in [6, 6.07) is 7.66. The van der Waals surface area contributed by atoms with Gasteiger partial charge in [0.25, 0.3) is 11.2 Å². The second-order valence-corrected chi connectivity index (χ2v) is 5.42. The molecule has 0 spiro atoms. The van der Waals surface area contributed by atoms with E-state index in [1.54, 1.807) is 24.4 Å². The van der Waals surface area contributed by atoms with Gasteiger partial charge in [0.2, 0.25) is 0 Å². The van der Waals surface area contributed by atoms with Crippen molar-refractivity contribution < 1.29 is 9.66 Å². The Bertz CT molecular complexity index is 957. The van der Waals surface area contributed by atoms with E-state index in [4.69, 9.17) is 4.74 Å². The van der Waals surface area contributed by atoms with Crippen LogP contribution in [0.2, 0.25) is 0 Å². The zero-order valence-electron chi connectivity index (χ0n) is 11.8. The molecular formula is C14H10N4O4S. The first-order valence-electron chi connectivity index (χ1n) is 6.44. The highest BCUT2D eigenvalue weighted by Crippen LogP contribution is 2.32. The number of hydrogen-bond donors (Lipinski definition) is 1. The molecule has 0 amide bonds. The van der Waals surface area contributed by atoms with Gasteiger partial charge in [-0.1, -0.05) is 11.3 Å². The molecule has 0 saturated heterocycles. The Morgan fingerprint density at radius 3 is 2.91 bits per heavy atom. The molecule has 23 heavy (non-hydrogen) atoms. The number of ether oxygens (including phenoxy) is 1. The van der Waals surface area contributed by atoms with Gasteiger partial charge in [-0.05, 0) is 24.3 Å². The fraction of sp³-hybridized carbons (Fsp3) is 0.0714. The van der Waals surface area contributed by atoms with Crippen LogP contribution in [0.3, 0.4) is 0 Å². The number of rotatable bonds is 4. The van der Waals surface area contributed by atoms with E-state index in [-0.39, 0.29) is 16.5 Å². The van der Waals surface area contributed by atoms with Crippen molar-refractivity contribution in [1.82, 2.24) is 9.97 Å². The van der Waals surface area contributed by atoms with E-state index in [1.165, 1.54) is 19.2 Å². The van der Waals surface area contributed by atoms with Crippen molar-refractivity contribution in [3.05, 3.63) is 57.0 Å². The van der Waals surface area contributed by atoms with Gasteiger partial charge in [-0.3, -0.25) is 14.9 Å². The molecule has 1 aromatic carbocycles. The smallest absolute Gasteiger partial charge is 0.296 e. The Morgan fingerprint density at radius 1 is 1.35 bits per heavy atom. The quantitative estimate of drug-likeness (QED) is 0.579. The molecule has 2 heterocycles. The van der Waals surface area contributed by atoms with Crippen LogP contribution >= 0.6 is 11.3 Å². The SMILES string of the molecule is COc1ccc(Nc2nc(=O)c3cccnc3s2)c([N+](=O)[O-])c1. The first-order valence-corrected chi connectivity index (χ1v) is 7.25. The molecule has 0 fully saturated rings. The molecule has 0 aliphatic rings. The number of methoxy groups -OCH3 is 1. The summed E-state index contributed by atoms with van der Waals surface area (Å²) in [6.45, 7) is 0. The van der Waals surface area contributed by atoms with Crippen molar-refractivity contribution in [2.24, 2.45) is 0 Å². The predicted molar refractivity (Wildman–Crippen MR) is 86.6 cm³/mol. The van der Waals surface area contributed by atoms with E-state index in [0.717, 1.165) is 11.3 Å². The van der Waals surface area contributed by atoms with Gasteiger partial charge < -0.3 is 10.1 Å². The third-order valence-electron chi connectivity index (χ3n) is 3.04. The van der Waals surface area contributed by atoms with E-state index in [2.05, 4.69) is 15.3 Å². The molecule has 9 heteroatoms. The minimum absolute atomic E-state index is 0.174. The molecule has 0 unspecified atom stereocenters. The molecule has 2 aromatic heterocycles. The summed E-state index contributed by atoms with van der Waals surface area (Å²) < 4.78 is 4.98.